The highest BCUT2D eigenvalue weighted by Crippen LogP contribution is 2.40. The van der Waals surface area contributed by atoms with Crippen LogP contribution in [0, 0.1) is 0 Å². The minimum absolute atomic E-state index is 0.126. The van der Waals surface area contributed by atoms with Crippen molar-refractivity contribution in [1.82, 2.24) is 0 Å². The van der Waals surface area contributed by atoms with Crippen LogP contribution < -0.4 is 4.72 Å². The number of nitrogens with one attached hydrogen (secondary N) is 1. The normalized spacial score (nSPS) is 17.5. The summed E-state index contributed by atoms with van der Waals surface area (Å²) >= 11 is 0. The van der Waals surface area contributed by atoms with Gasteiger partial charge in [-0.1, -0.05) is 61.2 Å². The SMILES string of the molecule is CN[s+]1ccc(C2CCCCC2)c1CC(C)=Cc1ccccc1. The van der Waals surface area contributed by atoms with E-state index in [1.54, 1.807) is 10.4 Å². The second-order valence-electron chi connectivity index (χ2n) is 6.64. The van der Waals surface area contributed by atoms with Crippen LogP contribution in [0.25, 0.3) is 6.08 Å². The fraction of sp³-hybridized carbons (Fsp3) is 0.429. The maximum Gasteiger partial charge on any atom is 0.179 e. The van der Waals surface area contributed by atoms with E-state index in [1.807, 2.05) is 0 Å². The van der Waals surface area contributed by atoms with E-state index in [9.17, 15) is 0 Å². The van der Waals surface area contributed by atoms with Crippen molar-refractivity contribution in [1.29, 1.82) is 0 Å². The van der Waals surface area contributed by atoms with Crippen LogP contribution in [0.3, 0.4) is 0 Å². The summed E-state index contributed by atoms with van der Waals surface area (Å²) in [7, 11) is 2.22. The first-order valence-corrected chi connectivity index (χ1v) is 10.1. The summed E-state index contributed by atoms with van der Waals surface area (Å²) in [6.07, 6.45) is 10.4. The van der Waals surface area contributed by atoms with Gasteiger partial charge in [0.05, 0.1) is 10.7 Å². The van der Waals surface area contributed by atoms with Crippen molar-refractivity contribution in [3.05, 3.63) is 63.4 Å². The van der Waals surface area contributed by atoms with Gasteiger partial charge in [0.1, 0.15) is 0 Å². The molecule has 1 aromatic heterocycles. The van der Waals surface area contributed by atoms with Gasteiger partial charge < -0.3 is 0 Å². The Bertz CT molecular complexity index is 648. The van der Waals surface area contributed by atoms with Crippen molar-refractivity contribution >= 4 is 16.7 Å². The maximum absolute atomic E-state index is 3.51. The molecule has 23 heavy (non-hydrogen) atoms. The number of allylic oxidation sites excluding steroid dienone is 1. The third-order valence-electron chi connectivity index (χ3n) is 4.89. The van der Waals surface area contributed by atoms with Gasteiger partial charge in [0.2, 0.25) is 0 Å². The van der Waals surface area contributed by atoms with Crippen molar-refractivity contribution in [2.75, 3.05) is 11.8 Å². The zero-order chi connectivity index (χ0) is 16.1. The molecular weight excluding hydrogens is 298 g/mol. The molecule has 0 aliphatic heterocycles. The van der Waals surface area contributed by atoms with Gasteiger partial charge in [-0.05, 0) is 31.2 Å². The quantitative estimate of drug-likeness (QED) is 0.635. The Morgan fingerprint density at radius 2 is 1.87 bits per heavy atom. The second kappa shape index (κ2) is 7.94. The molecule has 0 amide bonds. The molecular formula is C21H28NS+. The molecule has 0 radical (unpaired) electrons. The average molecular weight is 327 g/mol. The van der Waals surface area contributed by atoms with Crippen LogP contribution in [0.4, 0.5) is 0 Å². The lowest BCUT2D eigenvalue weighted by Crippen LogP contribution is -2.06. The number of thiophene rings is 1. The van der Waals surface area contributed by atoms with Gasteiger partial charge in [-0.3, -0.25) is 0 Å². The molecule has 1 saturated carbocycles. The van der Waals surface area contributed by atoms with Crippen molar-refractivity contribution in [2.24, 2.45) is 0 Å². The van der Waals surface area contributed by atoms with Crippen LogP contribution in [0.1, 0.15) is 60.9 Å². The van der Waals surface area contributed by atoms with Crippen LogP contribution >= 0.6 is 10.7 Å². The van der Waals surface area contributed by atoms with E-state index < -0.39 is 0 Å². The number of hydrogen-bond donors (Lipinski definition) is 1. The number of rotatable bonds is 5. The molecule has 1 aliphatic carbocycles. The molecule has 122 valence electrons. The van der Waals surface area contributed by atoms with Crippen LogP contribution in [-0.4, -0.2) is 7.05 Å². The fourth-order valence-corrected chi connectivity index (χ4v) is 5.43. The van der Waals surface area contributed by atoms with E-state index in [0.717, 1.165) is 12.3 Å². The van der Waals surface area contributed by atoms with Crippen LogP contribution in [0.5, 0.6) is 0 Å². The summed E-state index contributed by atoms with van der Waals surface area (Å²) in [6.45, 7) is 2.27. The monoisotopic (exact) mass is 326 g/mol. The lowest BCUT2D eigenvalue weighted by atomic mass is 9.84. The smallest absolute Gasteiger partial charge is 0.121 e. The molecule has 1 heterocycles. The molecule has 0 saturated heterocycles. The van der Waals surface area contributed by atoms with Gasteiger partial charge >= 0.3 is 0 Å². The molecule has 2 heteroatoms. The molecule has 1 nitrogen and oxygen atoms in total. The Kier molecular flexibility index (Phi) is 5.69. The van der Waals surface area contributed by atoms with E-state index in [-0.39, 0.29) is 10.7 Å². The third kappa shape index (κ3) is 4.13. The van der Waals surface area contributed by atoms with Crippen LogP contribution in [0.15, 0.2) is 47.4 Å². The van der Waals surface area contributed by atoms with Gasteiger partial charge in [-0.25, -0.2) is 0 Å². The standard InChI is InChI=1S/C21H28NS/c1-17(15-18-9-5-3-6-10-18)16-21-20(13-14-23(21)22-2)19-11-7-4-8-12-19/h3,5-6,9-10,13-15,19,22H,4,7-8,11-12,16H2,1-2H3/q+1. The highest BCUT2D eigenvalue weighted by Gasteiger charge is 2.26. The Hall–Kier alpha value is -1.38. The van der Waals surface area contributed by atoms with Crippen molar-refractivity contribution in [2.45, 2.75) is 51.4 Å². The predicted octanol–water partition coefficient (Wildman–Crippen LogP) is 6.30. The predicted molar refractivity (Wildman–Crippen MR) is 104 cm³/mol. The molecule has 2 aromatic rings. The lowest BCUT2D eigenvalue weighted by Gasteiger charge is -2.21. The Labute approximate surface area is 143 Å². The average Bonchev–Trinajstić information content (AvgIpc) is 2.99. The van der Waals surface area contributed by atoms with Crippen LogP contribution in [0.2, 0.25) is 0 Å². The van der Waals surface area contributed by atoms with Gasteiger partial charge in [0.15, 0.2) is 10.3 Å². The summed E-state index contributed by atoms with van der Waals surface area (Å²) in [6, 6.07) is 13.1. The van der Waals surface area contributed by atoms with Crippen LogP contribution in [-0.2, 0) is 6.42 Å². The molecule has 1 atom stereocenters. The van der Waals surface area contributed by atoms with Gasteiger partial charge in [-0.2, -0.15) is 0 Å². The zero-order valence-corrected chi connectivity index (χ0v) is 15.2. The lowest BCUT2D eigenvalue weighted by molar-refractivity contribution is 0.443. The summed E-state index contributed by atoms with van der Waals surface area (Å²) < 4.78 is 3.51. The first-order valence-electron chi connectivity index (χ1n) is 8.82. The van der Waals surface area contributed by atoms with E-state index >= 15 is 0 Å². The molecule has 1 aliphatic rings. The van der Waals surface area contributed by atoms with Crippen molar-refractivity contribution < 1.29 is 0 Å². The molecule has 3 rings (SSSR count). The van der Waals surface area contributed by atoms with E-state index in [2.05, 4.69) is 66.5 Å². The fourth-order valence-electron chi connectivity index (χ4n) is 3.73. The minimum atomic E-state index is 0.126. The maximum atomic E-state index is 3.51. The Morgan fingerprint density at radius 3 is 2.57 bits per heavy atom. The van der Waals surface area contributed by atoms with Gasteiger partial charge in [0, 0.05) is 25.1 Å². The highest BCUT2D eigenvalue weighted by atomic mass is 32.2. The molecule has 0 bridgehead atoms. The first kappa shape index (κ1) is 16.5. The second-order valence-corrected chi connectivity index (χ2v) is 8.48. The zero-order valence-electron chi connectivity index (χ0n) is 14.3. The molecule has 1 fully saturated rings. The Morgan fingerprint density at radius 1 is 1.13 bits per heavy atom. The summed E-state index contributed by atoms with van der Waals surface area (Å²) in [4.78, 5) is 1.63. The van der Waals surface area contributed by atoms with E-state index in [4.69, 9.17) is 0 Å². The Balaban J connectivity index is 1.83. The van der Waals surface area contributed by atoms with Gasteiger partial charge in [0.25, 0.3) is 0 Å². The van der Waals surface area contributed by atoms with E-state index in [0.29, 0.717) is 0 Å². The summed E-state index contributed by atoms with van der Waals surface area (Å²) in [5.41, 5.74) is 4.40. The highest BCUT2D eigenvalue weighted by molar-refractivity contribution is 7.31. The van der Waals surface area contributed by atoms with Gasteiger partial charge in [-0.15, -0.1) is 4.72 Å². The third-order valence-corrected chi connectivity index (χ3v) is 6.65. The largest absolute Gasteiger partial charge is 0.179 e. The number of hydrogen-bond acceptors (Lipinski definition) is 1. The first-order chi connectivity index (χ1) is 11.3. The van der Waals surface area contributed by atoms with Crippen molar-refractivity contribution in [3.8, 4) is 0 Å². The number of benzene rings is 1. The minimum Gasteiger partial charge on any atom is -0.121 e. The molecule has 0 spiro atoms. The summed E-state index contributed by atoms with van der Waals surface area (Å²) in [5.74, 6) is 0.797. The summed E-state index contributed by atoms with van der Waals surface area (Å²) in [5, 5.41) is 2.38. The molecule has 1 unspecified atom stereocenters. The van der Waals surface area contributed by atoms with Crippen molar-refractivity contribution in [3.63, 3.8) is 0 Å². The topological polar surface area (TPSA) is 12.0 Å². The molecule has 1 aromatic carbocycles. The van der Waals surface area contributed by atoms with E-state index in [1.165, 1.54) is 43.2 Å². The molecule has 1 N–H and O–H groups in total.